The van der Waals surface area contributed by atoms with E-state index in [1.165, 1.54) is 0 Å². The summed E-state index contributed by atoms with van der Waals surface area (Å²) in [6.45, 7) is 0. The van der Waals surface area contributed by atoms with Crippen LogP contribution in [0.25, 0.3) is 11.1 Å². The average molecular weight is 424 g/mol. The van der Waals surface area contributed by atoms with E-state index in [2.05, 4.69) is 4.74 Å². The van der Waals surface area contributed by atoms with Crippen LogP contribution in [0, 0.1) is 17.5 Å². The third-order valence-electron chi connectivity index (χ3n) is 4.91. The number of halogens is 8. The molecule has 0 aromatic heterocycles. The van der Waals surface area contributed by atoms with Crippen LogP contribution >= 0.6 is 0 Å². The predicted molar refractivity (Wildman–Crippen MR) is 89.4 cm³/mol. The van der Waals surface area contributed by atoms with Crippen LogP contribution in [0.2, 0.25) is 0 Å². The van der Waals surface area contributed by atoms with E-state index in [0.29, 0.717) is 43.4 Å². The molecule has 0 atom stereocenters. The smallest absolute Gasteiger partial charge is 0.425 e. The first-order valence-corrected chi connectivity index (χ1v) is 8.86. The minimum Gasteiger partial charge on any atom is -0.425 e. The molecule has 158 valence electrons. The van der Waals surface area contributed by atoms with Gasteiger partial charge in [0.2, 0.25) is 0 Å². The van der Waals surface area contributed by atoms with Crippen molar-refractivity contribution < 1.29 is 39.9 Å². The van der Waals surface area contributed by atoms with E-state index in [0.717, 1.165) is 18.2 Å². The molecule has 2 aromatic rings. The fourth-order valence-corrected chi connectivity index (χ4v) is 3.42. The van der Waals surface area contributed by atoms with Gasteiger partial charge in [0.15, 0.2) is 11.6 Å². The van der Waals surface area contributed by atoms with Crippen molar-refractivity contribution >= 4 is 0 Å². The van der Waals surface area contributed by atoms with E-state index in [9.17, 15) is 35.1 Å². The van der Waals surface area contributed by atoms with Gasteiger partial charge in [-0.3, -0.25) is 0 Å². The monoisotopic (exact) mass is 424 g/mol. The quantitative estimate of drug-likeness (QED) is 0.470. The van der Waals surface area contributed by atoms with E-state index in [1.807, 2.05) is 0 Å². The molecule has 1 nitrogen and oxygen atoms in total. The van der Waals surface area contributed by atoms with Gasteiger partial charge in [-0.25, -0.2) is 17.6 Å². The topological polar surface area (TPSA) is 9.23 Å². The van der Waals surface area contributed by atoms with Gasteiger partial charge < -0.3 is 4.74 Å². The van der Waals surface area contributed by atoms with E-state index < -0.39 is 47.5 Å². The SMILES string of the molecule is Fc1cc(-c2c(F)cc(C3CCC(F)CC3)cc2F)ccc1OC(F)(F)C(F)F. The lowest BCUT2D eigenvalue weighted by atomic mass is 9.82. The molecule has 29 heavy (non-hydrogen) atoms. The molecule has 1 aliphatic carbocycles. The molecular formula is C20H16F8O. The zero-order valence-corrected chi connectivity index (χ0v) is 14.9. The molecule has 2 aromatic carbocycles. The Morgan fingerprint density at radius 2 is 1.45 bits per heavy atom. The first-order valence-electron chi connectivity index (χ1n) is 8.86. The second-order valence-corrected chi connectivity index (χ2v) is 6.92. The second-order valence-electron chi connectivity index (χ2n) is 6.92. The van der Waals surface area contributed by atoms with Gasteiger partial charge in [-0.1, -0.05) is 6.07 Å². The van der Waals surface area contributed by atoms with Gasteiger partial charge in [-0.05, 0) is 67.0 Å². The van der Waals surface area contributed by atoms with Gasteiger partial charge in [0, 0.05) is 0 Å². The lowest BCUT2D eigenvalue weighted by Gasteiger charge is -2.25. The molecule has 0 saturated heterocycles. The second kappa shape index (κ2) is 8.20. The van der Waals surface area contributed by atoms with Gasteiger partial charge in [-0.2, -0.15) is 17.6 Å². The Hall–Kier alpha value is -2.32. The molecule has 0 aliphatic heterocycles. The molecule has 0 bridgehead atoms. The summed E-state index contributed by atoms with van der Waals surface area (Å²) in [5.74, 6) is -4.88. The van der Waals surface area contributed by atoms with Crippen molar-refractivity contribution in [1.29, 1.82) is 0 Å². The predicted octanol–water partition coefficient (Wildman–Crippen LogP) is 7.00. The Morgan fingerprint density at radius 3 is 1.97 bits per heavy atom. The van der Waals surface area contributed by atoms with Crippen LogP contribution in [-0.4, -0.2) is 18.7 Å². The minimum absolute atomic E-state index is 0.204. The minimum atomic E-state index is -4.92. The Kier molecular flexibility index (Phi) is 6.05. The first kappa shape index (κ1) is 21.4. The highest BCUT2D eigenvalue weighted by Crippen LogP contribution is 2.38. The standard InChI is InChI=1S/C20H16F8O/c21-13-4-1-10(2-5-13)12-8-15(23)18(16(24)9-12)11-3-6-17(14(22)7-11)29-20(27,28)19(25)26/h3,6-10,13,19H,1-2,4-5H2. The maximum Gasteiger partial charge on any atom is 0.461 e. The molecule has 0 N–H and O–H groups in total. The Balaban J connectivity index is 1.88. The van der Waals surface area contributed by atoms with Crippen LogP contribution in [0.4, 0.5) is 35.1 Å². The van der Waals surface area contributed by atoms with Crippen molar-refractivity contribution in [3.63, 3.8) is 0 Å². The average Bonchev–Trinajstić information content (AvgIpc) is 2.63. The number of hydrogen-bond acceptors (Lipinski definition) is 1. The summed E-state index contributed by atoms with van der Waals surface area (Å²) in [5, 5.41) is 0. The molecule has 3 rings (SSSR count). The molecular weight excluding hydrogens is 408 g/mol. The summed E-state index contributed by atoms with van der Waals surface area (Å²) in [7, 11) is 0. The third kappa shape index (κ3) is 4.64. The maximum atomic E-state index is 14.6. The van der Waals surface area contributed by atoms with Gasteiger partial charge >= 0.3 is 12.5 Å². The first-order chi connectivity index (χ1) is 13.6. The molecule has 0 amide bonds. The van der Waals surface area contributed by atoms with Crippen molar-refractivity contribution in [3.8, 4) is 16.9 Å². The fourth-order valence-electron chi connectivity index (χ4n) is 3.42. The number of alkyl halides is 5. The van der Waals surface area contributed by atoms with Crippen molar-refractivity contribution in [2.24, 2.45) is 0 Å². The zero-order valence-electron chi connectivity index (χ0n) is 14.9. The third-order valence-corrected chi connectivity index (χ3v) is 4.91. The molecule has 1 fully saturated rings. The van der Waals surface area contributed by atoms with Crippen molar-refractivity contribution in [1.82, 2.24) is 0 Å². The van der Waals surface area contributed by atoms with Gasteiger partial charge in [0.25, 0.3) is 0 Å². The molecule has 0 heterocycles. The Bertz CT molecular complexity index is 852. The number of rotatable bonds is 5. The zero-order chi connectivity index (χ0) is 21.3. The largest absolute Gasteiger partial charge is 0.461 e. The van der Waals surface area contributed by atoms with Crippen LogP contribution in [0.3, 0.4) is 0 Å². The Morgan fingerprint density at radius 1 is 0.862 bits per heavy atom. The van der Waals surface area contributed by atoms with Gasteiger partial charge in [0.05, 0.1) is 5.56 Å². The summed E-state index contributed by atoms with van der Waals surface area (Å²) in [5.41, 5.74) is -0.559. The highest BCUT2D eigenvalue weighted by molar-refractivity contribution is 5.66. The van der Waals surface area contributed by atoms with Crippen molar-refractivity contribution in [2.45, 2.75) is 50.3 Å². The van der Waals surface area contributed by atoms with Crippen LogP contribution in [-0.2, 0) is 0 Å². The van der Waals surface area contributed by atoms with Gasteiger partial charge in [-0.15, -0.1) is 0 Å². The summed E-state index contributed by atoms with van der Waals surface area (Å²) >= 11 is 0. The number of hydrogen-bond donors (Lipinski definition) is 0. The number of ether oxygens (including phenoxy) is 1. The summed E-state index contributed by atoms with van der Waals surface area (Å²) in [6.07, 6.45) is -8.55. The highest BCUT2D eigenvalue weighted by atomic mass is 19.3. The molecule has 1 saturated carbocycles. The van der Waals surface area contributed by atoms with E-state index in [1.54, 1.807) is 0 Å². The highest BCUT2D eigenvalue weighted by Gasteiger charge is 2.44. The summed E-state index contributed by atoms with van der Waals surface area (Å²) in [6, 6.07) is 4.15. The lowest BCUT2D eigenvalue weighted by molar-refractivity contribution is -0.254. The van der Waals surface area contributed by atoms with Crippen molar-refractivity contribution in [3.05, 3.63) is 53.3 Å². The molecule has 1 aliphatic rings. The molecule has 9 heteroatoms. The molecule has 0 radical (unpaired) electrons. The molecule has 0 spiro atoms. The molecule has 0 unspecified atom stereocenters. The van der Waals surface area contributed by atoms with E-state index in [-0.39, 0.29) is 11.5 Å². The Labute approximate surface area is 161 Å². The van der Waals surface area contributed by atoms with E-state index in [4.69, 9.17) is 0 Å². The van der Waals surface area contributed by atoms with Crippen LogP contribution in [0.1, 0.15) is 37.2 Å². The van der Waals surface area contributed by atoms with Crippen LogP contribution in [0.5, 0.6) is 5.75 Å². The lowest BCUT2D eigenvalue weighted by Crippen LogP contribution is -2.33. The van der Waals surface area contributed by atoms with Crippen molar-refractivity contribution in [2.75, 3.05) is 0 Å². The number of benzene rings is 2. The normalized spacial score (nSPS) is 20.2. The maximum absolute atomic E-state index is 14.6. The van der Waals surface area contributed by atoms with Crippen LogP contribution < -0.4 is 4.74 Å². The summed E-state index contributed by atoms with van der Waals surface area (Å²) in [4.78, 5) is 0. The fraction of sp³-hybridized carbons (Fsp3) is 0.400. The summed E-state index contributed by atoms with van der Waals surface area (Å²) < 4.78 is 110. The van der Waals surface area contributed by atoms with Gasteiger partial charge in [0.1, 0.15) is 17.8 Å². The van der Waals surface area contributed by atoms with E-state index >= 15 is 0 Å². The van der Waals surface area contributed by atoms with Crippen LogP contribution in [0.15, 0.2) is 30.3 Å².